The summed E-state index contributed by atoms with van der Waals surface area (Å²) in [7, 11) is 1.41. The summed E-state index contributed by atoms with van der Waals surface area (Å²) in [5, 5.41) is 12.8. The lowest BCUT2D eigenvalue weighted by Gasteiger charge is -2.08. The van der Waals surface area contributed by atoms with E-state index in [4.69, 9.17) is 21.1 Å². The van der Waals surface area contributed by atoms with Gasteiger partial charge >= 0.3 is 6.18 Å². The van der Waals surface area contributed by atoms with Crippen molar-refractivity contribution in [3.05, 3.63) is 51.4 Å². The van der Waals surface area contributed by atoms with Crippen LogP contribution in [-0.4, -0.2) is 28.8 Å². The lowest BCUT2D eigenvalue weighted by atomic mass is 10.1. The molecular formula is C18H14ClF3N2O3S. The molecule has 3 rings (SSSR count). The lowest BCUT2D eigenvalue weighted by Crippen LogP contribution is -2.07. The number of ether oxygens (including phenoxy) is 2. The van der Waals surface area contributed by atoms with Crippen LogP contribution >= 0.6 is 22.9 Å². The van der Waals surface area contributed by atoms with Gasteiger partial charge in [-0.05, 0) is 18.2 Å². The lowest BCUT2D eigenvalue weighted by molar-refractivity contribution is -0.137. The molecule has 10 heteroatoms. The maximum atomic E-state index is 12.5. The van der Waals surface area contributed by atoms with E-state index in [1.165, 1.54) is 30.6 Å². The summed E-state index contributed by atoms with van der Waals surface area (Å²) in [5.41, 5.74) is 0.439. The van der Waals surface area contributed by atoms with Gasteiger partial charge in [0.05, 0.1) is 35.0 Å². The molecule has 0 spiro atoms. The van der Waals surface area contributed by atoms with Crippen molar-refractivity contribution >= 4 is 22.9 Å². The molecule has 0 aliphatic carbocycles. The molecule has 1 N–H and O–H groups in total. The number of halogens is 4. The number of rotatable bonds is 6. The largest absolute Gasteiger partial charge is 0.504 e. The molecule has 0 saturated carbocycles. The fourth-order valence-electron chi connectivity index (χ4n) is 2.36. The molecule has 1 aromatic carbocycles. The fourth-order valence-corrected chi connectivity index (χ4v) is 3.44. The summed E-state index contributed by atoms with van der Waals surface area (Å²) in [6.45, 7) is 0.208. The highest BCUT2D eigenvalue weighted by Gasteiger charge is 2.30. The molecule has 148 valence electrons. The first-order valence-electron chi connectivity index (χ1n) is 7.95. The van der Waals surface area contributed by atoms with Gasteiger partial charge in [0.1, 0.15) is 0 Å². The Morgan fingerprint density at radius 3 is 2.64 bits per heavy atom. The number of aromatic nitrogens is 2. The number of hydrogen-bond acceptors (Lipinski definition) is 6. The molecule has 2 heterocycles. The zero-order chi connectivity index (χ0) is 20.3. The zero-order valence-electron chi connectivity index (χ0n) is 14.5. The van der Waals surface area contributed by atoms with E-state index in [2.05, 4.69) is 9.97 Å². The molecule has 28 heavy (non-hydrogen) atoms. The third kappa shape index (κ3) is 4.66. The molecule has 0 unspecified atom stereocenters. The SMILES string of the molecule is COc1c(O)cc(-c2csc(CCOc3ccc(C(F)(F)F)cn3)n2)cc1Cl. The minimum atomic E-state index is -4.43. The van der Waals surface area contributed by atoms with Gasteiger partial charge in [-0.2, -0.15) is 13.2 Å². The second-order valence-electron chi connectivity index (χ2n) is 5.62. The highest BCUT2D eigenvalue weighted by molar-refractivity contribution is 7.09. The number of aromatic hydroxyl groups is 1. The molecule has 0 radical (unpaired) electrons. The van der Waals surface area contributed by atoms with E-state index in [0.29, 0.717) is 17.7 Å². The van der Waals surface area contributed by atoms with Crippen LogP contribution in [0.5, 0.6) is 17.4 Å². The summed E-state index contributed by atoms with van der Waals surface area (Å²) in [6, 6.07) is 5.25. The third-order valence-corrected chi connectivity index (χ3v) is 4.89. The van der Waals surface area contributed by atoms with Crippen LogP contribution in [0.25, 0.3) is 11.3 Å². The highest BCUT2D eigenvalue weighted by atomic mass is 35.5. The zero-order valence-corrected chi connectivity index (χ0v) is 16.0. The van der Waals surface area contributed by atoms with Gasteiger partial charge in [0.2, 0.25) is 5.88 Å². The van der Waals surface area contributed by atoms with Crippen molar-refractivity contribution in [1.29, 1.82) is 0 Å². The second-order valence-corrected chi connectivity index (χ2v) is 6.97. The maximum absolute atomic E-state index is 12.5. The maximum Gasteiger partial charge on any atom is 0.417 e. The van der Waals surface area contributed by atoms with Gasteiger partial charge in [-0.15, -0.1) is 11.3 Å². The first-order chi connectivity index (χ1) is 13.3. The summed E-state index contributed by atoms with van der Waals surface area (Å²) in [6.07, 6.45) is -3.25. The van der Waals surface area contributed by atoms with Crippen LogP contribution < -0.4 is 9.47 Å². The van der Waals surface area contributed by atoms with Crippen LogP contribution in [0.4, 0.5) is 13.2 Å². The number of thiazole rings is 1. The average molecular weight is 431 g/mol. The summed E-state index contributed by atoms with van der Waals surface area (Å²) in [5.74, 6) is 0.214. The van der Waals surface area contributed by atoms with E-state index >= 15 is 0 Å². The number of phenols is 1. The predicted octanol–water partition coefficient (Wildman–Crippen LogP) is 5.21. The van der Waals surface area contributed by atoms with Crippen molar-refractivity contribution in [3.63, 3.8) is 0 Å². The molecule has 0 atom stereocenters. The monoisotopic (exact) mass is 430 g/mol. The Morgan fingerprint density at radius 1 is 1.25 bits per heavy atom. The minimum absolute atomic E-state index is 0.0868. The Morgan fingerprint density at radius 2 is 2.04 bits per heavy atom. The van der Waals surface area contributed by atoms with Gasteiger partial charge in [0.25, 0.3) is 0 Å². The number of benzene rings is 1. The van der Waals surface area contributed by atoms with Crippen molar-refractivity contribution in [1.82, 2.24) is 9.97 Å². The van der Waals surface area contributed by atoms with Crippen molar-refractivity contribution in [3.8, 4) is 28.6 Å². The quantitative estimate of drug-likeness (QED) is 0.581. The van der Waals surface area contributed by atoms with Crippen LogP contribution in [0, 0.1) is 0 Å². The van der Waals surface area contributed by atoms with Crippen LogP contribution in [0.15, 0.2) is 35.8 Å². The van der Waals surface area contributed by atoms with Crippen molar-refractivity contribution in [2.24, 2.45) is 0 Å². The Hall–Kier alpha value is -2.52. The van der Waals surface area contributed by atoms with Crippen LogP contribution in [0.2, 0.25) is 5.02 Å². The smallest absolute Gasteiger partial charge is 0.417 e. The first kappa shape index (κ1) is 20.2. The Balaban J connectivity index is 1.61. The molecule has 0 saturated heterocycles. The molecule has 2 aromatic heterocycles. The molecule has 5 nitrogen and oxygen atoms in total. The first-order valence-corrected chi connectivity index (χ1v) is 9.21. The molecule has 0 amide bonds. The number of nitrogens with zero attached hydrogens (tertiary/aromatic N) is 2. The van der Waals surface area contributed by atoms with Gasteiger partial charge in [0.15, 0.2) is 11.5 Å². The van der Waals surface area contributed by atoms with Crippen LogP contribution in [0.1, 0.15) is 10.6 Å². The van der Waals surface area contributed by atoms with Gasteiger partial charge < -0.3 is 14.6 Å². The van der Waals surface area contributed by atoms with Gasteiger partial charge in [-0.1, -0.05) is 11.6 Å². The fraction of sp³-hybridized carbons (Fsp3) is 0.222. The Bertz CT molecular complexity index is 938. The highest BCUT2D eigenvalue weighted by Crippen LogP contribution is 2.38. The van der Waals surface area contributed by atoms with E-state index in [1.54, 1.807) is 6.07 Å². The van der Waals surface area contributed by atoms with E-state index < -0.39 is 11.7 Å². The number of phenolic OH excluding ortho intramolecular Hbond substituents is 1. The predicted molar refractivity (Wildman–Crippen MR) is 99.2 cm³/mol. The second kappa shape index (κ2) is 8.24. The van der Waals surface area contributed by atoms with Crippen LogP contribution in [-0.2, 0) is 12.6 Å². The molecule has 0 bridgehead atoms. The number of pyridine rings is 1. The number of alkyl halides is 3. The molecule has 0 fully saturated rings. The van der Waals surface area contributed by atoms with Gasteiger partial charge in [-0.25, -0.2) is 9.97 Å². The molecular weight excluding hydrogens is 417 g/mol. The summed E-state index contributed by atoms with van der Waals surface area (Å²) in [4.78, 5) is 8.11. The minimum Gasteiger partial charge on any atom is -0.504 e. The van der Waals surface area contributed by atoms with E-state index in [9.17, 15) is 18.3 Å². The van der Waals surface area contributed by atoms with E-state index in [-0.39, 0.29) is 29.0 Å². The van der Waals surface area contributed by atoms with E-state index in [0.717, 1.165) is 17.3 Å². The molecule has 0 aliphatic rings. The van der Waals surface area contributed by atoms with Gasteiger partial charge in [0, 0.05) is 29.6 Å². The van der Waals surface area contributed by atoms with Gasteiger partial charge in [-0.3, -0.25) is 0 Å². The Kier molecular flexibility index (Phi) is 5.95. The van der Waals surface area contributed by atoms with Crippen molar-refractivity contribution in [2.75, 3.05) is 13.7 Å². The van der Waals surface area contributed by atoms with Crippen molar-refractivity contribution < 1.29 is 27.8 Å². The molecule has 0 aliphatic heterocycles. The standard InChI is InChI=1S/C18H14ClF3N2O3S/c1-26-17-12(19)6-10(7-14(17)25)13-9-28-16(24-13)4-5-27-15-3-2-11(8-23-15)18(20,21)22/h2-3,6-9,25H,4-5H2,1H3. The molecule has 3 aromatic rings. The average Bonchev–Trinajstić information content (AvgIpc) is 3.10. The topological polar surface area (TPSA) is 64.5 Å². The number of methoxy groups -OCH3 is 1. The number of hydrogen-bond donors (Lipinski definition) is 1. The summed E-state index contributed by atoms with van der Waals surface area (Å²) >= 11 is 7.47. The normalized spacial score (nSPS) is 11.5. The van der Waals surface area contributed by atoms with Crippen LogP contribution in [0.3, 0.4) is 0 Å². The summed E-state index contributed by atoms with van der Waals surface area (Å²) < 4.78 is 47.9. The Labute approximate surface area is 167 Å². The third-order valence-electron chi connectivity index (χ3n) is 3.71. The van der Waals surface area contributed by atoms with E-state index in [1.807, 2.05) is 5.38 Å². The van der Waals surface area contributed by atoms with Crippen molar-refractivity contribution in [2.45, 2.75) is 12.6 Å².